The summed E-state index contributed by atoms with van der Waals surface area (Å²) in [7, 11) is -6.10. The number of phosphoric acid groups is 1. The van der Waals surface area contributed by atoms with Gasteiger partial charge in [0.1, 0.15) is 12.6 Å². The normalized spacial score (nSPS) is 41.1. The van der Waals surface area contributed by atoms with Gasteiger partial charge in [0.25, 0.3) is 0 Å². The second-order valence-corrected chi connectivity index (χ2v) is 9.08. The summed E-state index contributed by atoms with van der Waals surface area (Å²) >= 11 is 0. The van der Waals surface area contributed by atoms with E-state index < -0.39 is 275 Å². The van der Waals surface area contributed by atoms with Crippen molar-refractivity contribution in [3.05, 3.63) is 0 Å². The monoisotopic (exact) mass is 885 g/mol. The first-order chi connectivity index (χ1) is 52.5. The van der Waals surface area contributed by atoms with Crippen molar-refractivity contribution in [2.24, 2.45) is 5.73 Å². The first kappa shape index (κ1) is 10.4. The van der Waals surface area contributed by atoms with Gasteiger partial charge in [-0.05, 0) is 12.7 Å². The number of nitrogens with two attached hydrogens (primary N) is 1. The van der Waals surface area contributed by atoms with E-state index in [2.05, 4.69) is 18.5 Å². The van der Waals surface area contributed by atoms with Crippen LogP contribution in [0, 0.1) is 0 Å². The molecule has 55 heavy (non-hydrogen) atoms. The molecule has 0 fully saturated rings. The molecule has 0 bridgehead atoms. The summed E-state index contributed by atoms with van der Waals surface area (Å²) in [5.41, 5.74) is 5.16. The summed E-state index contributed by atoms with van der Waals surface area (Å²) in [6.45, 7) is -14.9. The molecule has 0 aliphatic rings. The zero-order valence-corrected chi connectivity index (χ0v) is 30.9. The maximum absolute atomic E-state index is 14.0. The Labute approximate surface area is 456 Å². The number of carbonyl (C=O) groups excluding carboxylic acids is 2. The number of aliphatic carboxylic acids is 1. The predicted molar refractivity (Wildman–Crippen MR) is 223 cm³/mol. The number of carboxylic acid groups (broad SMARTS) is 1. The van der Waals surface area contributed by atoms with Crippen molar-refractivity contribution >= 4 is 55.3 Å². The van der Waals surface area contributed by atoms with Gasteiger partial charge in [0, 0.05) is 138 Å². The Bertz CT molecular complexity index is 3910. The van der Waals surface area contributed by atoms with Crippen molar-refractivity contribution in [3.8, 4) is 0 Å². The third-order valence-electron chi connectivity index (χ3n) is 3.91. The van der Waals surface area contributed by atoms with E-state index in [0.717, 1.165) is 0 Å². The molecule has 0 aliphatic carbocycles. The van der Waals surface area contributed by atoms with Crippen LogP contribution in [0.2, 0.25) is 0 Å². The summed E-state index contributed by atoms with van der Waals surface area (Å²) in [6.07, 6.45) is -176. The number of esters is 2. The minimum Gasteiger partial charge on any atom is -0.480 e. The maximum atomic E-state index is 14.0. The fourth-order valence-corrected chi connectivity index (χ4v) is 2.72. The van der Waals surface area contributed by atoms with Gasteiger partial charge in [0.05, 0.1) is 13.2 Å². The van der Waals surface area contributed by atoms with Crippen LogP contribution in [0.5, 0.6) is 0 Å². The summed E-state index contributed by atoms with van der Waals surface area (Å²) in [4.78, 5) is 49.4. The summed E-state index contributed by atoms with van der Waals surface area (Å²) in [6, 6.07) is -2.30. The van der Waals surface area contributed by atoms with E-state index in [4.69, 9.17) is 107 Å². The molecule has 0 spiro atoms. The first-order valence-electron chi connectivity index (χ1n) is 48.4. The van der Waals surface area contributed by atoms with E-state index >= 15 is 0 Å². The van der Waals surface area contributed by atoms with Gasteiger partial charge >= 0.3 is 25.7 Å². The molecular formula is C42H82NNaO10P. The molecule has 0 rings (SSSR count). The molecule has 1 unspecified atom stereocenters. The molecule has 0 aliphatic heterocycles. The molecule has 321 valence electrons. The third kappa shape index (κ3) is 41.4. The standard InChI is InChI=1S/C42H82NO10P.Na/c1-3-5-7-9-11-13-15-17-19-21-23-25-27-29-31-33-40(44)50-35-38(36-51-54(48,49)52-37-39(43)42(46)47)53-41(45)34-32-30-28-26-24-22-20-18-16-14-12-10-8-6-4-2;/h38-39H,3-37,43H2,1-2H3,(H,46,47)(H,48,49);/t38-,39+;/m1./s1/i1D3,2D3,3D2,4D2,5D2,6D2,7D2,8D2,9D2,10D2,11D2,12D2,13D2,14D2,15D2,16D2,17D2,18D2,19D2,20D2,21D2,22D2,23D2,24D2,25D2,26D2,27D2,28D2,29D2,30D2,31D2,32D2,33D2,34D2;. The van der Waals surface area contributed by atoms with Crippen LogP contribution in [0.25, 0.3) is 0 Å². The minimum absolute atomic E-state index is 0. The van der Waals surface area contributed by atoms with Crippen LogP contribution in [-0.2, 0) is 37.5 Å². The van der Waals surface area contributed by atoms with Gasteiger partial charge in [0.15, 0.2) is 6.10 Å². The van der Waals surface area contributed by atoms with Crippen molar-refractivity contribution in [2.45, 2.75) is 230 Å². The van der Waals surface area contributed by atoms with Crippen molar-refractivity contribution in [3.63, 3.8) is 0 Å². The molecule has 4 N–H and O–H groups in total. The Balaban J connectivity index is 0. The van der Waals surface area contributed by atoms with E-state index in [-0.39, 0.29) is 29.6 Å². The van der Waals surface area contributed by atoms with Gasteiger partial charge in [0.2, 0.25) is 0 Å². The van der Waals surface area contributed by atoms with Crippen LogP contribution in [0.4, 0.5) is 0 Å². The minimum atomic E-state index is -6.10. The molecule has 0 saturated carbocycles. The van der Waals surface area contributed by atoms with Crippen LogP contribution >= 0.6 is 7.82 Å². The fourth-order valence-electron chi connectivity index (χ4n) is 1.94. The first-order valence-corrected chi connectivity index (χ1v) is 14.9. The molecule has 13 heteroatoms. The summed E-state index contributed by atoms with van der Waals surface area (Å²) in [5, 5.41) is 9.09. The second kappa shape index (κ2) is 41.6. The number of carboxylic acids is 1. The molecule has 1 radical (unpaired) electrons. The van der Waals surface area contributed by atoms with Gasteiger partial charge < -0.3 is 25.2 Å². The zero-order valence-electron chi connectivity index (χ0n) is 98.0. The van der Waals surface area contributed by atoms with Gasteiger partial charge in [-0.25, -0.2) is 4.57 Å². The molecule has 3 atom stereocenters. The quantitative estimate of drug-likeness (QED) is 0.0303. The Kier molecular flexibility index (Phi) is 7.86. The molecule has 0 heterocycles. The Hall–Kier alpha value is -0.520. The Morgan fingerprint density at radius 3 is 1.25 bits per heavy atom. The predicted octanol–water partition coefficient (Wildman–Crippen LogP) is 11.1. The van der Waals surface area contributed by atoms with Crippen molar-refractivity contribution in [1.29, 1.82) is 0 Å². The Morgan fingerprint density at radius 1 is 0.564 bits per heavy atom. The number of phosphoric ester groups is 1. The van der Waals surface area contributed by atoms with E-state index in [1.807, 2.05) is 0 Å². The number of ether oxygens (including phenoxy) is 2. The fraction of sp³-hybridized carbons (Fsp3) is 0.929. The number of rotatable bonds is 42. The molecule has 0 amide bonds. The molecular weight excluding hydrogens is 732 g/mol. The van der Waals surface area contributed by atoms with E-state index in [0.29, 0.717) is 0 Å². The van der Waals surface area contributed by atoms with Crippen LogP contribution in [-0.4, -0.2) is 89.4 Å². The van der Waals surface area contributed by atoms with Crippen LogP contribution < -0.4 is 5.73 Å². The average molecular weight is 886 g/mol. The topological polar surface area (TPSA) is 172 Å². The Morgan fingerprint density at radius 2 is 0.891 bits per heavy atom. The molecule has 0 aromatic heterocycles. The van der Waals surface area contributed by atoms with E-state index in [9.17, 15) is 23.8 Å². The van der Waals surface area contributed by atoms with Crippen LogP contribution in [0.1, 0.15) is 314 Å². The van der Waals surface area contributed by atoms with Crippen molar-refractivity contribution in [2.75, 3.05) is 19.8 Å². The maximum Gasteiger partial charge on any atom is 0.472 e. The number of hydrogen-bond acceptors (Lipinski definition) is 9. The van der Waals surface area contributed by atoms with Gasteiger partial charge in [-0.2, -0.15) is 0 Å². The van der Waals surface area contributed by atoms with Crippen molar-refractivity contribution in [1.82, 2.24) is 0 Å². The van der Waals surface area contributed by atoms with E-state index in [1.54, 1.807) is 0 Å². The van der Waals surface area contributed by atoms with Gasteiger partial charge in [-0.15, -0.1) is 0 Å². The van der Waals surface area contributed by atoms with Crippen LogP contribution in [0.3, 0.4) is 0 Å². The summed E-state index contributed by atoms with van der Waals surface area (Å²) < 4.78 is 608. The third-order valence-corrected chi connectivity index (χ3v) is 4.86. The summed E-state index contributed by atoms with van der Waals surface area (Å²) in [5.74, 6) is -8.48. The number of hydrogen-bond donors (Lipinski definition) is 3. The zero-order chi connectivity index (χ0) is 102. The molecule has 0 aromatic rings. The van der Waals surface area contributed by atoms with Crippen LogP contribution in [0.15, 0.2) is 0 Å². The molecule has 0 saturated heterocycles. The molecule has 0 aromatic carbocycles. The van der Waals surface area contributed by atoms with E-state index in [1.165, 1.54) is 0 Å². The smallest absolute Gasteiger partial charge is 0.472 e. The largest absolute Gasteiger partial charge is 0.480 e. The van der Waals surface area contributed by atoms with Crippen molar-refractivity contribution < 1.29 is 143 Å². The second-order valence-electron chi connectivity index (χ2n) is 7.63. The SMILES string of the molecule is [2H]C([2H])([2H])C([2H])([2H])C([2H])([2H])C([2H])([2H])C([2H])([2H])C([2H])([2H])C([2H])([2H])C([2H])([2H])C([2H])([2H])C([2H])([2H])C([2H])([2H])C([2H])([2H])C([2H])([2H])C([2H])([2H])C([2H])([2H])C([2H])([2H])C([2H])([2H])C(=O)OC[C@H](COP(=O)(O)OC[C@H](N)C(=O)O)OC(=O)C([2H])([2H])C([2H])([2H])C([2H])([2H])C([2H])([2H])C([2H])([2H])C([2H])([2H])C([2H])([2H])C([2H])([2H])C([2H])([2H])C([2H])([2H])C([2H])([2H])C([2H])([2H])C([2H])([2H])C([2H])([2H])C([2H])([2H])C([2H])([2H])C([2H])([2H])[2H].[Na]. The molecule has 11 nitrogen and oxygen atoms in total. The average Bonchev–Trinajstić information content (AvgIpc) is 0.677. The number of carbonyl (C=O) groups is 3. The van der Waals surface area contributed by atoms with Gasteiger partial charge in [-0.1, -0.05) is 192 Å². The van der Waals surface area contributed by atoms with Gasteiger partial charge in [-0.3, -0.25) is 23.4 Å².